The molecule has 0 amide bonds. The lowest BCUT2D eigenvalue weighted by atomic mass is 10.2. The second kappa shape index (κ2) is 4.71. The highest BCUT2D eigenvalue weighted by atomic mass is 32.2. The van der Waals surface area contributed by atoms with Crippen LogP contribution >= 0.6 is 11.8 Å². The van der Waals surface area contributed by atoms with E-state index in [4.69, 9.17) is 0 Å². The Morgan fingerprint density at radius 3 is 2.35 bits per heavy atom. The maximum atomic E-state index is 11.1. The van der Waals surface area contributed by atoms with Crippen LogP contribution in [-0.2, 0) is 7.05 Å². The molecule has 0 aliphatic rings. The summed E-state index contributed by atoms with van der Waals surface area (Å²) in [5, 5.41) is 8.92. The lowest BCUT2D eigenvalue weighted by molar-refractivity contribution is 0.101. The highest BCUT2D eigenvalue weighted by Gasteiger charge is 2.07. The smallest absolute Gasteiger partial charge is 0.195 e. The molecule has 5 heteroatoms. The number of hydrogen-bond acceptors (Lipinski definition) is 4. The van der Waals surface area contributed by atoms with Crippen LogP contribution in [0.25, 0.3) is 0 Å². The molecule has 0 aliphatic heterocycles. The number of aryl methyl sites for hydroxylation is 1. The van der Waals surface area contributed by atoms with Crippen molar-refractivity contribution in [2.75, 3.05) is 0 Å². The van der Waals surface area contributed by atoms with E-state index in [1.165, 1.54) is 11.8 Å². The van der Waals surface area contributed by atoms with Gasteiger partial charge >= 0.3 is 0 Å². The number of benzene rings is 1. The van der Waals surface area contributed by atoms with E-state index in [0.29, 0.717) is 0 Å². The van der Waals surface area contributed by atoms with Gasteiger partial charge in [0.25, 0.3) is 0 Å². The largest absolute Gasteiger partial charge is 0.309 e. The van der Waals surface area contributed by atoms with E-state index in [-0.39, 0.29) is 5.78 Å². The number of nitrogens with zero attached hydrogens (tertiary/aromatic N) is 3. The van der Waals surface area contributed by atoms with Crippen molar-refractivity contribution in [1.29, 1.82) is 0 Å². The molecule has 1 aromatic heterocycles. The Bertz CT molecular complexity index is 545. The van der Waals surface area contributed by atoms with Gasteiger partial charge in [0.15, 0.2) is 10.9 Å². The molecular formula is C12H13N3OS. The van der Waals surface area contributed by atoms with Gasteiger partial charge in [0.2, 0.25) is 0 Å². The summed E-state index contributed by atoms with van der Waals surface area (Å²) in [5.41, 5.74) is 0.725. The zero-order valence-corrected chi connectivity index (χ0v) is 10.8. The third-order valence-electron chi connectivity index (χ3n) is 2.52. The van der Waals surface area contributed by atoms with Gasteiger partial charge < -0.3 is 4.57 Å². The molecule has 0 N–H and O–H groups in total. The Hall–Kier alpha value is -1.62. The Labute approximate surface area is 104 Å². The van der Waals surface area contributed by atoms with Crippen LogP contribution in [-0.4, -0.2) is 20.5 Å². The summed E-state index contributed by atoms with van der Waals surface area (Å²) in [5.74, 6) is 0.962. The van der Waals surface area contributed by atoms with Crippen LogP contribution in [0, 0.1) is 6.92 Å². The van der Waals surface area contributed by atoms with Crippen molar-refractivity contribution in [2.45, 2.75) is 23.9 Å². The molecule has 4 nitrogen and oxygen atoms in total. The van der Waals surface area contributed by atoms with Crippen molar-refractivity contribution in [3.63, 3.8) is 0 Å². The monoisotopic (exact) mass is 247 g/mol. The quantitative estimate of drug-likeness (QED) is 0.782. The van der Waals surface area contributed by atoms with Gasteiger partial charge in [0.1, 0.15) is 5.82 Å². The van der Waals surface area contributed by atoms with Crippen LogP contribution in [0.2, 0.25) is 0 Å². The predicted molar refractivity (Wildman–Crippen MR) is 66.3 cm³/mol. The van der Waals surface area contributed by atoms with Crippen molar-refractivity contribution in [1.82, 2.24) is 14.8 Å². The van der Waals surface area contributed by atoms with Crippen LogP contribution in [0.1, 0.15) is 23.1 Å². The summed E-state index contributed by atoms with van der Waals surface area (Å²) >= 11 is 1.53. The van der Waals surface area contributed by atoms with Crippen LogP contribution in [0.5, 0.6) is 0 Å². The van der Waals surface area contributed by atoms with Crippen molar-refractivity contribution in [3.05, 3.63) is 35.7 Å². The number of aromatic nitrogens is 3. The average Bonchev–Trinajstić information content (AvgIpc) is 2.62. The van der Waals surface area contributed by atoms with Gasteiger partial charge in [0, 0.05) is 17.5 Å². The molecule has 0 fully saturated rings. The van der Waals surface area contributed by atoms with E-state index in [2.05, 4.69) is 10.2 Å². The number of carbonyl (C=O) groups excluding carboxylic acids is 1. The molecule has 0 saturated carbocycles. The van der Waals surface area contributed by atoms with E-state index >= 15 is 0 Å². The second-order valence-corrected chi connectivity index (χ2v) is 4.81. The standard InChI is InChI=1S/C12H13N3OS/c1-8(16)10-4-6-11(7-5-10)17-12-14-13-9(2)15(12)3/h4-7H,1-3H3. The van der Waals surface area contributed by atoms with Crippen molar-refractivity contribution in [2.24, 2.45) is 7.05 Å². The van der Waals surface area contributed by atoms with Crippen molar-refractivity contribution < 1.29 is 4.79 Å². The third kappa shape index (κ3) is 2.55. The molecule has 0 bridgehead atoms. The summed E-state index contributed by atoms with van der Waals surface area (Å²) in [6, 6.07) is 7.50. The summed E-state index contributed by atoms with van der Waals surface area (Å²) in [6.45, 7) is 3.48. The Balaban J connectivity index is 2.19. The van der Waals surface area contributed by atoms with Crippen LogP contribution in [0.3, 0.4) is 0 Å². The molecule has 1 aromatic carbocycles. The molecule has 2 aromatic rings. The van der Waals surface area contributed by atoms with E-state index in [1.54, 1.807) is 6.92 Å². The van der Waals surface area contributed by atoms with Crippen LogP contribution < -0.4 is 0 Å². The number of rotatable bonds is 3. The molecule has 0 spiro atoms. The molecule has 2 rings (SSSR count). The minimum absolute atomic E-state index is 0.0797. The molecule has 0 aliphatic carbocycles. The molecule has 17 heavy (non-hydrogen) atoms. The topological polar surface area (TPSA) is 47.8 Å². The van der Waals surface area contributed by atoms with Gasteiger partial charge in [-0.1, -0.05) is 12.1 Å². The highest BCUT2D eigenvalue weighted by Crippen LogP contribution is 2.26. The van der Waals surface area contributed by atoms with Crippen molar-refractivity contribution in [3.8, 4) is 0 Å². The maximum absolute atomic E-state index is 11.1. The van der Waals surface area contributed by atoms with Gasteiger partial charge in [-0.3, -0.25) is 4.79 Å². The van der Waals surface area contributed by atoms with E-state index in [0.717, 1.165) is 21.4 Å². The third-order valence-corrected chi connectivity index (χ3v) is 3.57. The first-order chi connectivity index (χ1) is 8.08. The van der Waals surface area contributed by atoms with E-state index in [1.807, 2.05) is 42.8 Å². The van der Waals surface area contributed by atoms with Gasteiger partial charge in [0.05, 0.1) is 0 Å². The Morgan fingerprint density at radius 1 is 1.24 bits per heavy atom. The fourth-order valence-electron chi connectivity index (χ4n) is 1.34. The van der Waals surface area contributed by atoms with Gasteiger partial charge in [-0.25, -0.2) is 0 Å². The minimum atomic E-state index is 0.0797. The molecule has 0 atom stereocenters. The number of Topliss-reactive ketones (excluding diaryl/α,β-unsaturated/α-hetero) is 1. The fourth-order valence-corrected chi connectivity index (χ4v) is 2.17. The highest BCUT2D eigenvalue weighted by molar-refractivity contribution is 7.99. The summed E-state index contributed by atoms with van der Waals surface area (Å²) in [6.07, 6.45) is 0. The lowest BCUT2D eigenvalue weighted by Gasteiger charge is -2.02. The zero-order valence-electron chi connectivity index (χ0n) is 9.97. The van der Waals surface area contributed by atoms with Gasteiger partial charge in [-0.2, -0.15) is 0 Å². The van der Waals surface area contributed by atoms with Gasteiger partial charge in [-0.15, -0.1) is 10.2 Å². The first-order valence-electron chi connectivity index (χ1n) is 5.23. The predicted octanol–water partition coefficient (Wildman–Crippen LogP) is 2.48. The number of hydrogen-bond donors (Lipinski definition) is 0. The van der Waals surface area contributed by atoms with E-state index < -0.39 is 0 Å². The van der Waals surface area contributed by atoms with Gasteiger partial charge in [-0.05, 0) is 37.7 Å². The Kier molecular flexibility index (Phi) is 3.28. The molecule has 0 radical (unpaired) electrons. The summed E-state index contributed by atoms with van der Waals surface area (Å²) in [7, 11) is 1.93. The molecular weight excluding hydrogens is 234 g/mol. The van der Waals surface area contributed by atoms with Crippen molar-refractivity contribution >= 4 is 17.5 Å². The average molecular weight is 247 g/mol. The molecule has 0 unspecified atom stereocenters. The first kappa shape index (κ1) is 11.9. The molecule has 88 valence electrons. The second-order valence-electron chi connectivity index (χ2n) is 3.77. The first-order valence-corrected chi connectivity index (χ1v) is 6.04. The number of carbonyl (C=O) groups is 1. The minimum Gasteiger partial charge on any atom is -0.309 e. The molecule has 1 heterocycles. The van der Waals surface area contributed by atoms with Crippen LogP contribution in [0.4, 0.5) is 0 Å². The SMILES string of the molecule is CC(=O)c1ccc(Sc2nnc(C)n2C)cc1. The lowest BCUT2D eigenvalue weighted by Crippen LogP contribution is -1.93. The normalized spacial score (nSPS) is 10.5. The van der Waals surface area contributed by atoms with Crippen LogP contribution in [0.15, 0.2) is 34.3 Å². The molecule has 0 saturated heterocycles. The fraction of sp³-hybridized carbons (Fsp3) is 0.250. The Morgan fingerprint density at radius 2 is 1.88 bits per heavy atom. The zero-order chi connectivity index (χ0) is 12.4. The number of ketones is 1. The van der Waals surface area contributed by atoms with E-state index in [9.17, 15) is 4.79 Å². The maximum Gasteiger partial charge on any atom is 0.195 e. The summed E-state index contributed by atoms with van der Waals surface area (Å²) in [4.78, 5) is 12.2. The summed E-state index contributed by atoms with van der Waals surface area (Å²) < 4.78 is 1.93.